The highest BCUT2D eigenvalue weighted by atomic mass is 16.3. The van der Waals surface area contributed by atoms with E-state index in [-0.39, 0.29) is 12.1 Å². The Bertz CT molecular complexity index is 438. The summed E-state index contributed by atoms with van der Waals surface area (Å²) < 4.78 is 0. The second kappa shape index (κ2) is 5.61. The topological polar surface area (TPSA) is 52.6 Å². The molecule has 2 N–H and O–H groups in total. The zero-order chi connectivity index (χ0) is 14.0. The van der Waals surface area contributed by atoms with Crippen LogP contribution in [-0.4, -0.2) is 29.1 Å². The van der Waals surface area contributed by atoms with Crippen molar-refractivity contribution in [2.24, 2.45) is 5.92 Å². The van der Waals surface area contributed by atoms with Gasteiger partial charge < -0.3 is 15.3 Å². The van der Waals surface area contributed by atoms with Gasteiger partial charge in [0.05, 0.1) is 6.10 Å². The molecule has 0 radical (unpaired) electrons. The summed E-state index contributed by atoms with van der Waals surface area (Å²) in [5.41, 5.74) is 1.60. The number of urea groups is 1. The lowest BCUT2D eigenvalue weighted by Gasteiger charge is -2.25. The van der Waals surface area contributed by atoms with E-state index >= 15 is 0 Å². The van der Waals surface area contributed by atoms with E-state index in [0.29, 0.717) is 5.92 Å². The van der Waals surface area contributed by atoms with Crippen molar-refractivity contribution in [1.29, 1.82) is 0 Å². The highest BCUT2D eigenvalue weighted by Crippen LogP contribution is 2.34. The monoisotopic (exact) mass is 262 g/mol. The number of nitrogens with one attached hydrogen (secondary N) is 1. The molecular formula is C15H22N2O2. The van der Waals surface area contributed by atoms with Gasteiger partial charge in [0.25, 0.3) is 0 Å². The Balaban J connectivity index is 1.94. The van der Waals surface area contributed by atoms with Crippen LogP contribution in [0.1, 0.15) is 38.4 Å². The molecule has 0 aliphatic heterocycles. The number of amides is 2. The van der Waals surface area contributed by atoms with Crippen LogP contribution in [0.25, 0.3) is 0 Å². The molecule has 4 nitrogen and oxygen atoms in total. The highest BCUT2D eigenvalue weighted by Gasteiger charge is 2.32. The zero-order valence-electron chi connectivity index (χ0n) is 11.8. The Morgan fingerprint density at radius 2 is 1.89 bits per heavy atom. The molecule has 104 valence electrons. The quantitative estimate of drug-likeness (QED) is 0.876. The molecule has 1 aromatic rings. The van der Waals surface area contributed by atoms with Crippen molar-refractivity contribution in [3.63, 3.8) is 0 Å². The van der Waals surface area contributed by atoms with Crippen LogP contribution >= 0.6 is 0 Å². The molecule has 19 heavy (non-hydrogen) atoms. The third-order valence-electron chi connectivity index (χ3n) is 3.88. The minimum absolute atomic E-state index is 0.0794. The standard InChI is InChI=1S/C15H22N2O2/c1-10(12-4-5-12)17(3)15(19)16-14-8-6-13(7-9-14)11(2)18/h6-12,18H,4-5H2,1-3H3,(H,16,19). The van der Waals surface area contributed by atoms with Gasteiger partial charge in [-0.3, -0.25) is 0 Å². The molecule has 2 amide bonds. The van der Waals surface area contributed by atoms with Gasteiger partial charge in [0, 0.05) is 18.8 Å². The first-order chi connectivity index (χ1) is 8.99. The number of benzene rings is 1. The summed E-state index contributed by atoms with van der Waals surface area (Å²) in [7, 11) is 1.84. The van der Waals surface area contributed by atoms with Crippen LogP contribution in [0, 0.1) is 5.92 Å². The van der Waals surface area contributed by atoms with Crippen molar-refractivity contribution in [1.82, 2.24) is 4.90 Å². The number of carbonyl (C=O) groups is 1. The number of rotatable bonds is 4. The molecule has 1 aliphatic rings. The van der Waals surface area contributed by atoms with E-state index in [4.69, 9.17) is 0 Å². The Hall–Kier alpha value is -1.55. The molecule has 0 spiro atoms. The Labute approximate surface area is 114 Å². The predicted octanol–water partition coefficient (Wildman–Crippen LogP) is 3.00. The molecule has 1 fully saturated rings. The second-order valence-corrected chi connectivity index (χ2v) is 5.42. The van der Waals surface area contributed by atoms with Crippen molar-refractivity contribution in [3.8, 4) is 0 Å². The van der Waals surface area contributed by atoms with Gasteiger partial charge in [-0.25, -0.2) is 4.79 Å². The van der Waals surface area contributed by atoms with Crippen molar-refractivity contribution < 1.29 is 9.90 Å². The van der Waals surface area contributed by atoms with E-state index < -0.39 is 6.10 Å². The van der Waals surface area contributed by atoms with Gasteiger partial charge in [-0.05, 0) is 50.3 Å². The number of carbonyl (C=O) groups excluding carboxylic acids is 1. The fourth-order valence-corrected chi connectivity index (χ4v) is 2.14. The maximum atomic E-state index is 12.1. The zero-order valence-corrected chi connectivity index (χ0v) is 11.8. The van der Waals surface area contributed by atoms with Gasteiger partial charge in [-0.2, -0.15) is 0 Å². The smallest absolute Gasteiger partial charge is 0.321 e. The van der Waals surface area contributed by atoms with E-state index in [1.807, 2.05) is 31.3 Å². The minimum atomic E-state index is -0.484. The third-order valence-corrected chi connectivity index (χ3v) is 3.88. The molecule has 2 unspecified atom stereocenters. The van der Waals surface area contributed by atoms with Gasteiger partial charge in [0.15, 0.2) is 0 Å². The van der Waals surface area contributed by atoms with Crippen molar-refractivity contribution in [2.75, 3.05) is 12.4 Å². The van der Waals surface area contributed by atoms with Crippen molar-refractivity contribution >= 4 is 11.7 Å². The van der Waals surface area contributed by atoms with Crippen LogP contribution < -0.4 is 5.32 Å². The molecule has 0 saturated heterocycles. The van der Waals surface area contributed by atoms with E-state index in [9.17, 15) is 9.90 Å². The van der Waals surface area contributed by atoms with Gasteiger partial charge in [0.1, 0.15) is 0 Å². The van der Waals surface area contributed by atoms with Crippen LogP contribution in [-0.2, 0) is 0 Å². The summed E-state index contributed by atoms with van der Waals surface area (Å²) in [6, 6.07) is 7.49. The van der Waals surface area contributed by atoms with Gasteiger partial charge in [0.2, 0.25) is 0 Å². The number of aliphatic hydroxyl groups is 1. The Kier molecular flexibility index (Phi) is 4.10. The van der Waals surface area contributed by atoms with Gasteiger partial charge >= 0.3 is 6.03 Å². The van der Waals surface area contributed by atoms with Crippen LogP contribution in [0.5, 0.6) is 0 Å². The van der Waals surface area contributed by atoms with Crippen LogP contribution in [0.15, 0.2) is 24.3 Å². The summed E-state index contributed by atoms with van der Waals surface area (Å²) in [5.74, 6) is 0.661. The molecule has 1 saturated carbocycles. The average Bonchev–Trinajstić information content (AvgIpc) is 3.21. The lowest BCUT2D eigenvalue weighted by Crippen LogP contribution is -2.39. The summed E-state index contributed by atoms with van der Waals surface area (Å²) in [4.78, 5) is 13.8. The van der Waals surface area contributed by atoms with Crippen LogP contribution in [0.4, 0.5) is 10.5 Å². The van der Waals surface area contributed by atoms with Crippen molar-refractivity contribution in [2.45, 2.75) is 38.8 Å². The predicted molar refractivity (Wildman–Crippen MR) is 76.0 cm³/mol. The molecule has 2 rings (SSSR count). The molecule has 0 bridgehead atoms. The number of nitrogens with zero attached hydrogens (tertiary/aromatic N) is 1. The molecule has 0 aromatic heterocycles. The first kappa shape index (κ1) is 13.9. The minimum Gasteiger partial charge on any atom is -0.389 e. The molecule has 4 heteroatoms. The number of hydrogen-bond acceptors (Lipinski definition) is 2. The average molecular weight is 262 g/mol. The lowest BCUT2D eigenvalue weighted by atomic mass is 10.1. The summed E-state index contributed by atoms with van der Waals surface area (Å²) >= 11 is 0. The normalized spacial score (nSPS) is 17.7. The Morgan fingerprint density at radius 1 is 1.32 bits per heavy atom. The summed E-state index contributed by atoms with van der Waals surface area (Å²) in [6.45, 7) is 3.81. The largest absolute Gasteiger partial charge is 0.389 e. The fraction of sp³-hybridized carbons (Fsp3) is 0.533. The first-order valence-corrected chi connectivity index (χ1v) is 6.81. The Morgan fingerprint density at radius 3 is 2.37 bits per heavy atom. The van der Waals surface area contributed by atoms with Gasteiger partial charge in [-0.1, -0.05) is 12.1 Å². The maximum absolute atomic E-state index is 12.1. The maximum Gasteiger partial charge on any atom is 0.321 e. The number of anilines is 1. The van der Waals surface area contributed by atoms with E-state index in [0.717, 1.165) is 11.3 Å². The van der Waals surface area contributed by atoms with E-state index in [1.165, 1.54) is 12.8 Å². The van der Waals surface area contributed by atoms with Crippen molar-refractivity contribution in [3.05, 3.63) is 29.8 Å². The molecular weight excluding hydrogens is 240 g/mol. The van der Waals surface area contributed by atoms with Crippen LogP contribution in [0.2, 0.25) is 0 Å². The highest BCUT2D eigenvalue weighted by molar-refractivity contribution is 5.89. The number of hydrogen-bond donors (Lipinski definition) is 2. The second-order valence-electron chi connectivity index (χ2n) is 5.42. The SMILES string of the molecule is CC(O)c1ccc(NC(=O)N(C)C(C)C2CC2)cc1. The summed E-state index contributed by atoms with van der Waals surface area (Å²) in [6.07, 6.45) is 1.96. The van der Waals surface area contributed by atoms with E-state index in [2.05, 4.69) is 12.2 Å². The summed E-state index contributed by atoms with van der Waals surface area (Å²) in [5, 5.41) is 12.3. The molecule has 2 atom stereocenters. The molecule has 1 aliphatic carbocycles. The van der Waals surface area contributed by atoms with Gasteiger partial charge in [-0.15, -0.1) is 0 Å². The fourth-order valence-electron chi connectivity index (χ4n) is 2.14. The number of aliphatic hydroxyl groups excluding tert-OH is 1. The third kappa shape index (κ3) is 3.47. The van der Waals surface area contributed by atoms with Crippen LogP contribution in [0.3, 0.4) is 0 Å². The molecule has 1 aromatic carbocycles. The van der Waals surface area contributed by atoms with E-state index in [1.54, 1.807) is 11.8 Å². The lowest BCUT2D eigenvalue weighted by molar-refractivity contribution is 0.199. The molecule has 0 heterocycles. The first-order valence-electron chi connectivity index (χ1n) is 6.81.